The summed E-state index contributed by atoms with van der Waals surface area (Å²) in [4.78, 5) is 8.39. The van der Waals surface area contributed by atoms with Crippen LogP contribution in [-0.4, -0.2) is 9.97 Å². The Morgan fingerprint density at radius 1 is 1.13 bits per heavy atom. The number of nitrogens with two attached hydrogens (primary N) is 1. The average Bonchev–Trinajstić information content (AvgIpc) is 2.29. The highest BCUT2D eigenvalue weighted by atomic mass is 79.9. The van der Waals surface area contributed by atoms with Gasteiger partial charge in [0.2, 0.25) is 0 Å². The normalized spacial score (nSPS) is 10.3. The van der Waals surface area contributed by atoms with Crippen LogP contribution in [0.4, 0.5) is 0 Å². The molecule has 0 bridgehead atoms. The van der Waals surface area contributed by atoms with Crippen LogP contribution in [0.5, 0.6) is 0 Å². The van der Waals surface area contributed by atoms with Gasteiger partial charge in [-0.05, 0) is 21.5 Å². The first-order valence-electron chi connectivity index (χ1n) is 4.56. The molecule has 0 aliphatic carbocycles. The fourth-order valence-electron chi connectivity index (χ4n) is 1.29. The van der Waals surface area contributed by atoms with Gasteiger partial charge in [-0.15, -0.1) is 0 Å². The van der Waals surface area contributed by atoms with E-state index in [1.54, 1.807) is 12.4 Å². The second kappa shape index (κ2) is 4.51. The number of nitrogens with zero attached hydrogens (tertiary/aromatic N) is 2. The molecule has 3 nitrogen and oxygen atoms in total. The molecule has 0 saturated heterocycles. The van der Waals surface area contributed by atoms with E-state index < -0.39 is 0 Å². The van der Waals surface area contributed by atoms with Crippen LogP contribution in [0.25, 0.3) is 11.3 Å². The maximum absolute atomic E-state index is 5.53. The summed E-state index contributed by atoms with van der Waals surface area (Å²) in [6.45, 7) is 0.560. The van der Waals surface area contributed by atoms with Gasteiger partial charge < -0.3 is 5.73 Å². The van der Waals surface area contributed by atoms with E-state index in [1.165, 1.54) is 0 Å². The molecule has 1 aromatic carbocycles. The molecule has 0 fully saturated rings. The van der Waals surface area contributed by atoms with E-state index in [9.17, 15) is 0 Å². The summed E-state index contributed by atoms with van der Waals surface area (Å²) in [5.41, 5.74) is 8.54. The Hall–Kier alpha value is -1.26. The summed E-state index contributed by atoms with van der Waals surface area (Å²) in [5.74, 6) is 0. The van der Waals surface area contributed by atoms with Crippen LogP contribution in [0, 0.1) is 0 Å². The molecule has 2 rings (SSSR count). The van der Waals surface area contributed by atoms with E-state index in [-0.39, 0.29) is 0 Å². The Bertz CT molecular complexity index is 454. The third-order valence-electron chi connectivity index (χ3n) is 2.09. The van der Waals surface area contributed by atoms with Gasteiger partial charge in [-0.1, -0.05) is 24.3 Å². The molecule has 4 heteroatoms. The summed E-state index contributed by atoms with van der Waals surface area (Å²) >= 11 is 3.29. The van der Waals surface area contributed by atoms with Gasteiger partial charge in [-0.3, -0.25) is 4.98 Å². The molecular weight excluding hydrogens is 254 g/mol. The molecule has 0 saturated carbocycles. The number of aromatic nitrogens is 2. The van der Waals surface area contributed by atoms with E-state index >= 15 is 0 Å². The van der Waals surface area contributed by atoms with E-state index in [4.69, 9.17) is 5.73 Å². The fourth-order valence-corrected chi connectivity index (χ4v) is 1.60. The zero-order chi connectivity index (χ0) is 10.7. The van der Waals surface area contributed by atoms with Gasteiger partial charge in [0.1, 0.15) is 4.60 Å². The molecule has 0 atom stereocenters. The number of hydrogen-bond acceptors (Lipinski definition) is 3. The van der Waals surface area contributed by atoms with Gasteiger partial charge in [0, 0.05) is 12.1 Å². The number of rotatable bonds is 2. The average molecular weight is 264 g/mol. The topological polar surface area (TPSA) is 51.8 Å². The third kappa shape index (κ3) is 2.40. The van der Waals surface area contributed by atoms with Crippen molar-refractivity contribution >= 4 is 15.9 Å². The molecule has 0 spiro atoms. The molecule has 0 unspecified atom stereocenters. The van der Waals surface area contributed by atoms with Crippen molar-refractivity contribution in [1.29, 1.82) is 0 Å². The van der Waals surface area contributed by atoms with Crippen LogP contribution in [0.2, 0.25) is 0 Å². The summed E-state index contributed by atoms with van der Waals surface area (Å²) in [5, 5.41) is 0. The van der Waals surface area contributed by atoms with Crippen molar-refractivity contribution in [3.05, 3.63) is 46.8 Å². The van der Waals surface area contributed by atoms with Crippen LogP contribution >= 0.6 is 15.9 Å². The first-order chi connectivity index (χ1) is 7.29. The minimum Gasteiger partial charge on any atom is -0.326 e. The zero-order valence-electron chi connectivity index (χ0n) is 8.02. The molecule has 1 aromatic heterocycles. The first-order valence-corrected chi connectivity index (χ1v) is 5.36. The second-order valence-corrected chi connectivity index (χ2v) is 3.94. The molecule has 2 aromatic rings. The minimum atomic E-state index is 0.560. The fraction of sp³-hybridized carbons (Fsp3) is 0.0909. The smallest absolute Gasteiger partial charge is 0.125 e. The molecule has 0 amide bonds. The van der Waals surface area contributed by atoms with Crippen molar-refractivity contribution in [1.82, 2.24) is 9.97 Å². The molecule has 15 heavy (non-hydrogen) atoms. The van der Waals surface area contributed by atoms with Gasteiger partial charge >= 0.3 is 0 Å². The van der Waals surface area contributed by atoms with Crippen LogP contribution in [0.15, 0.2) is 41.3 Å². The standard InChI is InChI=1S/C11H10BrN3/c12-11-7-14-6-10(15-11)9-3-1-8(5-13)2-4-9/h1-4,6-7H,5,13H2. The summed E-state index contributed by atoms with van der Waals surface area (Å²) < 4.78 is 0.739. The lowest BCUT2D eigenvalue weighted by atomic mass is 10.1. The Labute approximate surface area is 96.5 Å². The highest BCUT2D eigenvalue weighted by Gasteiger charge is 2.00. The van der Waals surface area contributed by atoms with Crippen LogP contribution in [0.3, 0.4) is 0 Å². The summed E-state index contributed by atoms with van der Waals surface area (Å²) in [6, 6.07) is 7.99. The van der Waals surface area contributed by atoms with E-state index in [0.29, 0.717) is 6.54 Å². The lowest BCUT2D eigenvalue weighted by Crippen LogP contribution is -1.95. The van der Waals surface area contributed by atoms with E-state index in [1.807, 2.05) is 24.3 Å². The van der Waals surface area contributed by atoms with E-state index in [0.717, 1.165) is 21.4 Å². The monoisotopic (exact) mass is 263 g/mol. The molecule has 1 heterocycles. The lowest BCUT2D eigenvalue weighted by molar-refractivity contribution is 1.07. The third-order valence-corrected chi connectivity index (χ3v) is 2.47. The predicted molar refractivity (Wildman–Crippen MR) is 63.1 cm³/mol. The quantitative estimate of drug-likeness (QED) is 0.905. The molecule has 2 N–H and O–H groups in total. The maximum Gasteiger partial charge on any atom is 0.125 e. The van der Waals surface area contributed by atoms with Gasteiger partial charge in [-0.25, -0.2) is 4.98 Å². The van der Waals surface area contributed by atoms with Gasteiger partial charge in [0.05, 0.1) is 18.1 Å². The number of halogens is 1. The van der Waals surface area contributed by atoms with Crippen LogP contribution < -0.4 is 5.73 Å². The summed E-state index contributed by atoms with van der Waals surface area (Å²) in [6.07, 6.45) is 3.40. The lowest BCUT2D eigenvalue weighted by Gasteiger charge is -2.01. The highest BCUT2D eigenvalue weighted by molar-refractivity contribution is 9.10. The summed E-state index contributed by atoms with van der Waals surface area (Å²) in [7, 11) is 0. The van der Waals surface area contributed by atoms with Gasteiger partial charge in [-0.2, -0.15) is 0 Å². The van der Waals surface area contributed by atoms with Crippen LogP contribution in [0.1, 0.15) is 5.56 Å². The first kappa shape index (κ1) is 10.3. The predicted octanol–water partition coefficient (Wildman–Crippen LogP) is 2.36. The molecule has 76 valence electrons. The Morgan fingerprint density at radius 2 is 1.87 bits per heavy atom. The van der Waals surface area contributed by atoms with Crippen molar-refractivity contribution in [3.8, 4) is 11.3 Å². The van der Waals surface area contributed by atoms with Crippen molar-refractivity contribution in [2.45, 2.75) is 6.54 Å². The van der Waals surface area contributed by atoms with Gasteiger partial charge in [0.25, 0.3) is 0 Å². The van der Waals surface area contributed by atoms with Crippen molar-refractivity contribution in [2.75, 3.05) is 0 Å². The Balaban J connectivity index is 2.37. The maximum atomic E-state index is 5.53. The Kier molecular flexibility index (Phi) is 3.08. The molecule has 0 aliphatic rings. The molecule has 0 aliphatic heterocycles. The highest BCUT2D eigenvalue weighted by Crippen LogP contribution is 2.18. The SMILES string of the molecule is NCc1ccc(-c2cncc(Br)n2)cc1. The Morgan fingerprint density at radius 3 is 2.47 bits per heavy atom. The van der Waals surface area contributed by atoms with Gasteiger partial charge in [0.15, 0.2) is 0 Å². The van der Waals surface area contributed by atoms with Crippen LogP contribution in [-0.2, 0) is 6.54 Å². The minimum absolute atomic E-state index is 0.560. The van der Waals surface area contributed by atoms with Crippen molar-refractivity contribution in [2.24, 2.45) is 5.73 Å². The molecular formula is C11H10BrN3. The molecule has 0 radical (unpaired) electrons. The van der Waals surface area contributed by atoms with E-state index in [2.05, 4.69) is 25.9 Å². The number of hydrogen-bond donors (Lipinski definition) is 1. The van der Waals surface area contributed by atoms with Crippen molar-refractivity contribution in [3.63, 3.8) is 0 Å². The van der Waals surface area contributed by atoms with Crippen molar-refractivity contribution < 1.29 is 0 Å². The second-order valence-electron chi connectivity index (χ2n) is 3.13. The zero-order valence-corrected chi connectivity index (χ0v) is 9.61. The number of benzene rings is 1. The largest absolute Gasteiger partial charge is 0.326 e.